The summed E-state index contributed by atoms with van der Waals surface area (Å²) in [7, 11) is 0. The van der Waals surface area contributed by atoms with Crippen molar-refractivity contribution in [2.24, 2.45) is 5.10 Å². The first-order valence-electron chi connectivity index (χ1n) is 10.8. The van der Waals surface area contributed by atoms with Crippen LogP contribution in [0.3, 0.4) is 0 Å². The molecular weight excluding hydrogens is 612 g/mol. The normalized spacial score (nSPS) is 12.8. The Balaban J connectivity index is 1.41. The molecule has 1 aliphatic rings. The number of carbonyl (C=O) groups excluding carboxylic acids is 1. The van der Waals surface area contributed by atoms with E-state index in [1.54, 1.807) is 24.3 Å². The number of hydrazone groups is 1. The van der Waals surface area contributed by atoms with E-state index < -0.39 is 26.7 Å². The Morgan fingerprint density at radius 2 is 1.83 bits per heavy atom. The van der Waals surface area contributed by atoms with Crippen molar-refractivity contribution < 1.29 is 14.7 Å². The van der Waals surface area contributed by atoms with Crippen LogP contribution in [-0.4, -0.2) is 31.8 Å². The molecule has 9 heteroatoms. The Morgan fingerprint density at radius 3 is 2.61 bits per heavy atom. The van der Waals surface area contributed by atoms with Crippen LogP contribution < -0.4 is 5.43 Å². The van der Waals surface area contributed by atoms with Gasteiger partial charge in [0.25, 0.3) is 5.91 Å². The van der Waals surface area contributed by atoms with Crippen molar-refractivity contribution in [2.45, 2.75) is 6.54 Å². The van der Waals surface area contributed by atoms with Crippen molar-refractivity contribution in [3.05, 3.63) is 108 Å². The number of nitrogens with one attached hydrogen (secondary N) is 1. The van der Waals surface area contributed by atoms with Crippen molar-refractivity contribution in [3.8, 4) is 0 Å². The molecule has 2 heterocycles. The lowest BCUT2D eigenvalue weighted by Crippen LogP contribution is -2.18. The second kappa shape index (κ2) is 10.4. The number of carboxylic acids is 1. The zero-order chi connectivity index (χ0) is 25.2. The summed E-state index contributed by atoms with van der Waals surface area (Å²) in [6.07, 6.45) is 3.44. The van der Waals surface area contributed by atoms with Crippen molar-refractivity contribution in [2.75, 3.05) is 0 Å². The molecule has 0 saturated heterocycles. The van der Waals surface area contributed by atoms with Gasteiger partial charge in [0, 0.05) is 33.1 Å². The molecule has 2 N–H and O–H groups in total. The average molecular weight is 630 g/mol. The van der Waals surface area contributed by atoms with Crippen molar-refractivity contribution in [1.82, 2.24) is 9.99 Å². The largest absolute Gasteiger partial charge is 0.478 e. The molecule has 1 aliphatic heterocycles. The minimum Gasteiger partial charge on any atom is -0.478 e. The van der Waals surface area contributed by atoms with Crippen LogP contribution in [0.4, 0.5) is 0 Å². The fourth-order valence-electron chi connectivity index (χ4n) is 3.94. The Morgan fingerprint density at radius 1 is 1.06 bits per heavy atom. The molecule has 0 radical (unpaired) electrons. The molecule has 0 unspecified atom stereocenters. The molecule has 5 rings (SSSR count). The van der Waals surface area contributed by atoms with E-state index in [4.69, 9.17) is 28.3 Å². The second-order valence-electron chi connectivity index (χ2n) is 7.97. The first kappa shape index (κ1) is 24.4. The molecule has 1 aromatic heterocycles. The monoisotopic (exact) mass is 629 g/mol. The molecule has 36 heavy (non-hydrogen) atoms. The molecular formula is C27H18Cl2IN3O3. The fourth-order valence-corrected chi connectivity index (χ4v) is 6.51. The van der Waals surface area contributed by atoms with Crippen LogP contribution in [0.1, 0.15) is 32.7 Å². The minimum absolute atomic E-state index is 0.191. The zero-order valence-corrected chi connectivity index (χ0v) is 22.3. The van der Waals surface area contributed by atoms with Gasteiger partial charge in [-0.1, -0.05) is 74.3 Å². The van der Waals surface area contributed by atoms with Crippen LogP contribution in [0.15, 0.2) is 75.4 Å². The standard InChI is InChI=1S/C27H18Cl2IN3O3/c28-19-9-10-22(29)18(11-19)15-33-24-4-2-1-3-20(24)21-12-23(30-13-25(21)33)26(34)32-31-14-16-5-7-17(8-6-16)27(35)36/h1-14H,15H2,(H,32,34)(H,35,36)/b31-14+. The van der Waals surface area contributed by atoms with Gasteiger partial charge >= 0.3 is 5.97 Å². The Bertz CT molecular complexity index is 1600. The number of carbonyl (C=O) groups is 2. The maximum atomic E-state index is 12.9. The number of benzene rings is 3. The SMILES string of the molecule is O=C(N/N=C/c1ccc(C(=O)O)cc1)C1=Cc2c(n(Cc3cc(Cl)ccc3Cl)c3ccccc23)C=I1. The molecule has 0 bridgehead atoms. The number of aromatic nitrogens is 1. The molecule has 3 aromatic carbocycles. The second-order valence-corrected chi connectivity index (χ2v) is 11.2. The van der Waals surface area contributed by atoms with Gasteiger partial charge in [-0.2, -0.15) is 5.10 Å². The third-order valence-electron chi connectivity index (χ3n) is 5.69. The van der Waals surface area contributed by atoms with Crippen LogP contribution in [-0.2, 0) is 11.3 Å². The van der Waals surface area contributed by atoms with Crippen molar-refractivity contribution in [1.29, 1.82) is 0 Å². The number of hydrogen-bond donors (Lipinski definition) is 2. The van der Waals surface area contributed by atoms with E-state index >= 15 is 0 Å². The predicted molar refractivity (Wildman–Crippen MR) is 154 cm³/mol. The van der Waals surface area contributed by atoms with E-state index in [1.165, 1.54) is 18.3 Å². The molecule has 6 nitrogen and oxygen atoms in total. The van der Waals surface area contributed by atoms with Gasteiger partial charge in [0.2, 0.25) is 0 Å². The van der Waals surface area contributed by atoms with E-state index in [0.717, 1.165) is 27.7 Å². The number of halogens is 3. The van der Waals surface area contributed by atoms with E-state index in [0.29, 0.717) is 25.7 Å². The number of hydrogen-bond acceptors (Lipinski definition) is 3. The maximum Gasteiger partial charge on any atom is 0.335 e. The first-order valence-corrected chi connectivity index (χ1v) is 13.9. The molecule has 0 saturated carbocycles. The zero-order valence-electron chi connectivity index (χ0n) is 18.6. The molecule has 0 fully saturated rings. The van der Waals surface area contributed by atoms with Gasteiger partial charge < -0.3 is 9.67 Å². The number of amides is 1. The predicted octanol–water partition coefficient (Wildman–Crippen LogP) is 6.32. The Kier molecular flexibility index (Phi) is 7.04. The number of fused-ring (bicyclic) bond motifs is 3. The van der Waals surface area contributed by atoms with Crippen molar-refractivity contribution >= 4 is 83.0 Å². The van der Waals surface area contributed by atoms with Gasteiger partial charge in [-0.3, -0.25) is 4.79 Å². The number of rotatable bonds is 6. The summed E-state index contributed by atoms with van der Waals surface area (Å²) in [5, 5.41) is 15.4. The van der Waals surface area contributed by atoms with Crippen LogP contribution in [0.5, 0.6) is 0 Å². The summed E-state index contributed by atoms with van der Waals surface area (Å²) < 4.78 is 5.06. The maximum absolute atomic E-state index is 12.9. The number of aromatic carboxylic acids is 1. The van der Waals surface area contributed by atoms with Gasteiger partial charge in [-0.25, -0.2) is 10.2 Å². The van der Waals surface area contributed by atoms with Gasteiger partial charge in [0.05, 0.1) is 21.1 Å². The lowest BCUT2D eigenvalue weighted by molar-refractivity contribution is -0.116. The number of carboxylic acid groups (broad SMARTS) is 1. The van der Waals surface area contributed by atoms with Crippen LogP contribution in [0.25, 0.3) is 17.0 Å². The molecule has 0 aliphatic carbocycles. The summed E-state index contributed by atoms with van der Waals surface area (Å²) in [5.41, 5.74) is 7.51. The molecule has 0 atom stereocenters. The highest BCUT2D eigenvalue weighted by Crippen LogP contribution is 2.35. The lowest BCUT2D eigenvalue weighted by atomic mass is 10.1. The third kappa shape index (κ3) is 5.00. The highest BCUT2D eigenvalue weighted by molar-refractivity contribution is 14.2. The highest BCUT2D eigenvalue weighted by atomic mass is 127. The summed E-state index contributed by atoms with van der Waals surface area (Å²) >= 11 is 12.0. The molecule has 4 aromatic rings. The summed E-state index contributed by atoms with van der Waals surface area (Å²) in [6, 6.07) is 19.8. The fraction of sp³-hybridized carbons (Fsp3) is 0.0370. The molecule has 180 valence electrons. The van der Waals surface area contributed by atoms with Crippen molar-refractivity contribution in [3.63, 3.8) is 0 Å². The van der Waals surface area contributed by atoms with E-state index in [-0.39, 0.29) is 11.5 Å². The smallest absolute Gasteiger partial charge is 0.335 e. The van der Waals surface area contributed by atoms with Crippen LogP contribution in [0.2, 0.25) is 10.0 Å². The summed E-state index contributed by atoms with van der Waals surface area (Å²) in [5.74, 6) is -1.24. The highest BCUT2D eigenvalue weighted by Gasteiger charge is 2.20. The topological polar surface area (TPSA) is 83.7 Å². The quantitative estimate of drug-likeness (QED) is 0.149. The van der Waals surface area contributed by atoms with Gasteiger partial charge in [0.1, 0.15) is 0 Å². The number of para-hydroxylation sites is 1. The first-order chi connectivity index (χ1) is 17.4. The Labute approximate surface area is 226 Å². The van der Waals surface area contributed by atoms with Gasteiger partial charge in [0.15, 0.2) is 0 Å². The van der Waals surface area contributed by atoms with Crippen LogP contribution >= 0.6 is 43.9 Å². The van der Waals surface area contributed by atoms with E-state index in [9.17, 15) is 9.59 Å². The third-order valence-corrected chi connectivity index (χ3v) is 8.67. The minimum atomic E-state index is -0.993. The Hall–Kier alpha value is -3.27. The summed E-state index contributed by atoms with van der Waals surface area (Å²) in [4.78, 5) is 23.8. The summed E-state index contributed by atoms with van der Waals surface area (Å²) in [6.45, 7) is 0.565. The molecule has 0 spiro atoms. The van der Waals surface area contributed by atoms with Gasteiger partial charge in [-0.05, 0) is 57.6 Å². The average Bonchev–Trinajstić information content (AvgIpc) is 3.19. The van der Waals surface area contributed by atoms with E-state index in [1.807, 2.05) is 30.3 Å². The lowest BCUT2D eigenvalue weighted by Gasteiger charge is -2.13. The van der Waals surface area contributed by atoms with E-state index in [2.05, 4.69) is 25.2 Å². The van der Waals surface area contributed by atoms with Crippen LogP contribution in [0, 0.1) is 0 Å². The van der Waals surface area contributed by atoms with Gasteiger partial charge in [-0.15, -0.1) is 0 Å². The molecule has 1 amide bonds. The number of nitrogens with zero attached hydrogens (tertiary/aromatic N) is 2.